The van der Waals surface area contributed by atoms with Crippen molar-refractivity contribution in [2.75, 3.05) is 13.1 Å². The number of hydrogen-bond donors (Lipinski definition) is 1. The van der Waals surface area contributed by atoms with Crippen molar-refractivity contribution in [2.24, 2.45) is 0 Å². The number of nitrogens with zero attached hydrogens (tertiary/aromatic N) is 1. The van der Waals surface area contributed by atoms with Crippen molar-refractivity contribution in [2.45, 2.75) is 27.7 Å². The SMILES string of the molecule is CCN(CC)C(=O)NC=C(C)C. The van der Waals surface area contributed by atoms with Crippen LogP contribution in [0.4, 0.5) is 4.79 Å². The van der Waals surface area contributed by atoms with Gasteiger partial charge in [-0.25, -0.2) is 4.79 Å². The van der Waals surface area contributed by atoms with Crippen molar-refractivity contribution in [3.05, 3.63) is 11.8 Å². The third-order valence-electron chi connectivity index (χ3n) is 1.53. The average Bonchev–Trinajstić information content (AvgIpc) is 2.03. The Kier molecular flexibility index (Phi) is 5.17. The van der Waals surface area contributed by atoms with Crippen molar-refractivity contribution >= 4 is 6.03 Å². The topological polar surface area (TPSA) is 32.3 Å². The maximum absolute atomic E-state index is 11.3. The highest BCUT2D eigenvalue weighted by Crippen LogP contribution is 1.90. The van der Waals surface area contributed by atoms with Gasteiger partial charge in [0.05, 0.1) is 0 Å². The van der Waals surface area contributed by atoms with Gasteiger partial charge in [-0.15, -0.1) is 0 Å². The van der Waals surface area contributed by atoms with E-state index in [-0.39, 0.29) is 6.03 Å². The number of hydrogen-bond acceptors (Lipinski definition) is 1. The molecule has 0 saturated carbocycles. The number of urea groups is 1. The number of carbonyl (C=O) groups is 1. The molecule has 1 N–H and O–H groups in total. The van der Waals surface area contributed by atoms with Gasteiger partial charge in [0.25, 0.3) is 0 Å². The van der Waals surface area contributed by atoms with Gasteiger partial charge in [0, 0.05) is 19.3 Å². The molecule has 0 aliphatic carbocycles. The van der Waals surface area contributed by atoms with E-state index in [2.05, 4.69) is 5.32 Å². The van der Waals surface area contributed by atoms with Crippen LogP contribution in [0, 0.1) is 0 Å². The third kappa shape index (κ3) is 4.01. The molecule has 0 aromatic rings. The van der Waals surface area contributed by atoms with Crippen LogP contribution in [-0.2, 0) is 0 Å². The lowest BCUT2D eigenvalue weighted by Crippen LogP contribution is -2.37. The van der Waals surface area contributed by atoms with Crippen molar-refractivity contribution < 1.29 is 4.79 Å². The first-order valence-electron chi connectivity index (χ1n) is 4.30. The van der Waals surface area contributed by atoms with Crippen molar-refractivity contribution in [1.29, 1.82) is 0 Å². The molecule has 3 heteroatoms. The second-order valence-electron chi connectivity index (χ2n) is 2.84. The fraction of sp³-hybridized carbons (Fsp3) is 0.667. The van der Waals surface area contributed by atoms with Crippen LogP contribution in [0.25, 0.3) is 0 Å². The first-order chi connectivity index (χ1) is 5.61. The molecule has 0 saturated heterocycles. The molecule has 0 heterocycles. The summed E-state index contributed by atoms with van der Waals surface area (Å²) < 4.78 is 0. The highest BCUT2D eigenvalue weighted by molar-refractivity contribution is 5.75. The van der Waals surface area contributed by atoms with Crippen molar-refractivity contribution in [3.8, 4) is 0 Å². The highest BCUT2D eigenvalue weighted by atomic mass is 16.2. The summed E-state index contributed by atoms with van der Waals surface area (Å²) in [6.45, 7) is 9.32. The van der Waals surface area contributed by atoms with Gasteiger partial charge < -0.3 is 10.2 Å². The van der Waals surface area contributed by atoms with Gasteiger partial charge in [-0.3, -0.25) is 0 Å². The zero-order chi connectivity index (χ0) is 9.56. The van der Waals surface area contributed by atoms with Crippen LogP contribution in [0.3, 0.4) is 0 Å². The summed E-state index contributed by atoms with van der Waals surface area (Å²) >= 11 is 0. The summed E-state index contributed by atoms with van der Waals surface area (Å²) in [6.07, 6.45) is 1.72. The van der Waals surface area contributed by atoms with E-state index in [0.29, 0.717) is 0 Å². The van der Waals surface area contributed by atoms with Crippen LogP contribution < -0.4 is 5.32 Å². The molecule has 0 unspecified atom stereocenters. The third-order valence-corrected chi connectivity index (χ3v) is 1.53. The van der Waals surface area contributed by atoms with Gasteiger partial charge in [-0.2, -0.15) is 0 Å². The minimum Gasteiger partial charge on any atom is -0.325 e. The zero-order valence-corrected chi connectivity index (χ0v) is 8.35. The molecule has 3 nitrogen and oxygen atoms in total. The molecule has 0 radical (unpaired) electrons. The van der Waals surface area contributed by atoms with Crippen LogP contribution in [0.2, 0.25) is 0 Å². The second kappa shape index (κ2) is 5.63. The van der Waals surface area contributed by atoms with Crippen LogP contribution in [-0.4, -0.2) is 24.0 Å². The standard InChI is InChI=1S/C9H18N2O/c1-5-11(6-2)9(12)10-7-8(3)4/h7H,5-6H2,1-4H3,(H,10,12). The minimum atomic E-state index is -0.0267. The monoisotopic (exact) mass is 170 g/mol. The Morgan fingerprint density at radius 3 is 2.17 bits per heavy atom. The predicted molar refractivity (Wildman–Crippen MR) is 50.9 cm³/mol. The minimum absolute atomic E-state index is 0.0267. The Morgan fingerprint density at radius 2 is 1.83 bits per heavy atom. The number of amides is 2. The van der Waals surface area contributed by atoms with E-state index >= 15 is 0 Å². The highest BCUT2D eigenvalue weighted by Gasteiger charge is 2.05. The molecular formula is C9H18N2O. The van der Waals surface area contributed by atoms with E-state index in [1.165, 1.54) is 0 Å². The van der Waals surface area contributed by atoms with Crippen LogP contribution in [0.15, 0.2) is 11.8 Å². The smallest absolute Gasteiger partial charge is 0.321 e. The molecule has 0 aliphatic rings. The van der Waals surface area contributed by atoms with Gasteiger partial charge in [0.15, 0.2) is 0 Å². The molecule has 0 aromatic heterocycles. The fourth-order valence-electron chi connectivity index (χ4n) is 0.808. The Labute approximate surface area is 74.4 Å². The lowest BCUT2D eigenvalue weighted by atomic mass is 10.4. The first kappa shape index (κ1) is 11.0. The number of carbonyl (C=O) groups excluding carboxylic acids is 1. The maximum Gasteiger partial charge on any atom is 0.321 e. The molecule has 0 aliphatic heterocycles. The summed E-state index contributed by atoms with van der Waals surface area (Å²) in [4.78, 5) is 13.0. The van der Waals surface area contributed by atoms with Crippen molar-refractivity contribution in [1.82, 2.24) is 10.2 Å². The van der Waals surface area contributed by atoms with Crippen LogP contribution in [0.1, 0.15) is 27.7 Å². The van der Waals surface area contributed by atoms with Gasteiger partial charge in [-0.05, 0) is 27.7 Å². The molecule has 0 bridgehead atoms. The first-order valence-corrected chi connectivity index (χ1v) is 4.30. The molecular weight excluding hydrogens is 152 g/mol. The summed E-state index contributed by atoms with van der Waals surface area (Å²) in [5.74, 6) is 0. The average molecular weight is 170 g/mol. The summed E-state index contributed by atoms with van der Waals surface area (Å²) in [7, 11) is 0. The van der Waals surface area contributed by atoms with E-state index in [0.717, 1.165) is 18.7 Å². The predicted octanol–water partition coefficient (Wildman–Crippen LogP) is 1.96. The molecule has 70 valence electrons. The summed E-state index contributed by atoms with van der Waals surface area (Å²) in [6, 6.07) is -0.0267. The van der Waals surface area contributed by atoms with E-state index in [4.69, 9.17) is 0 Å². The molecule has 0 spiro atoms. The lowest BCUT2D eigenvalue weighted by Gasteiger charge is -2.17. The Balaban J connectivity index is 3.93. The normalized spacial score (nSPS) is 9.00. The van der Waals surface area contributed by atoms with Gasteiger partial charge in [0.1, 0.15) is 0 Å². The summed E-state index contributed by atoms with van der Waals surface area (Å²) in [5, 5.41) is 2.71. The van der Waals surface area contributed by atoms with Gasteiger partial charge in [0.2, 0.25) is 0 Å². The van der Waals surface area contributed by atoms with E-state index < -0.39 is 0 Å². The quantitative estimate of drug-likeness (QED) is 0.690. The molecule has 12 heavy (non-hydrogen) atoms. The Hall–Kier alpha value is -0.990. The number of allylic oxidation sites excluding steroid dienone is 1. The number of rotatable bonds is 3. The Bertz CT molecular complexity index is 167. The molecule has 0 fully saturated rings. The fourth-order valence-corrected chi connectivity index (χ4v) is 0.808. The molecule has 2 amide bonds. The largest absolute Gasteiger partial charge is 0.325 e. The van der Waals surface area contributed by atoms with Crippen LogP contribution in [0.5, 0.6) is 0 Å². The Morgan fingerprint density at radius 1 is 1.33 bits per heavy atom. The van der Waals surface area contributed by atoms with E-state index in [9.17, 15) is 4.79 Å². The zero-order valence-electron chi connectivity index (χ0n) is 8.35. The summed E-state index contributed by atoms with van der Waals surface area (Å²) in [5.41, 5.74) is 1.09. The van der Waals surface area contributed by atoms with Crippen LogP contribution >= 0.6 is 0 Å². The van der Waals surface area contributed by atoms with E-state index in [1.807, 2.05) is 27.7 Å². The molecule has 0 rings (SSSR count). The lowest BCUT2D eigenvalue weighted by molar-refractivity contribution is 0.207. The maximum atomic E-state index is 11.3. The van der Waals surface area contributed by atoms with Gasteiger partial charge in [-0.1, -0.05) is 5.57 Å². The molecule has 0 aromatic carbocycles. The van der Waals surface area contributed by atoms with Crippen molar-refractivity contribution in [3.63, 3.8) is 0 Å². The van der Waals surface area contributed by atoms with E-state index in [1.54, 1.807) is 11.1 Å². The van der Waals surface area contributed by atoms with Gasteiger partial charge >= 0.3 is 6.03 Å². The number of nitrogens with one attached hydrogen (secondary N) is 1. The molecule has 0 atom stereocenters. The second-order valence-corrected chi connectivity index (χ2v) is 2.84.